The molecule has 38 heavy (non-hydrogen) atoms. The Morgan fingerprint density at radius 2 is 1.58 bits per heavy atom. The molecule has 0 unspecified atom stereocenters. The minimum Gasteiger partial charge on any atom is -0.497 e. The molecule has 0 aromatic heterocycles. The van der Waals surface area contributed by atoms with Crippen molar-refractivity contribution in [2.45, 2.75) is 24.4 Å². The van der Waals surface area contributed by atoms with Gasteiger partial charge in [0.25, 0.3) is 10.0 Å². The average molecular weight is 544 g/mol. The van der Waals surface area contributed by atoms with Crippen LogP contribution in [0.4, 0.5) is 10.1 Å². The first-order valence-corrected chi connectivity index (χ1v) is 13.1. The topological polar surface area (TPSA) is 105 Å². The van der Waals surface area contributed by atoms with Crippen molar-refractivity contribution in [1.82, 2.24) is 10.2 Å². The van der Waals surface area contributed by atoms with Gasteiger partial charge >= 0.3 is 0 Å². The minimum absolute atomic E-state index is 0.0861. The molecule has 0 bridgehead atoms. The molecule has 0 aliphatic heterocycles. The van der Waals surface area contributed by atoms with Crippen molar-refractivity contribution < 1.29 is 31.9 Å². The zero-order valence-corrected chi connectivity index (χ0v) is 22.4. The Morgan fingerprint density at radius 1 is 0.947 bits per heavy atom. The van der Waals surface area contributed by atoms with Crippen LogP contribution in [0, 0.1) is 5.82 Å². The van der Waals surface area contributed by atoms with Gasteiger partial charge in [0.05, 0.1) is 24.8 Å². The van der Waals surface area contributed by atoms with Gasteiger partial charge in [-0.15, -0.1) is 0 Å². The van der Waals surface area contributed by atoms with Gasteiger partial charge in [-0.05, 0) is 49.4 Å². The molecule has 0 heterocycles. The van der Waals surface area contributed by atoms with Crippen LogP contribution in [-0.4, -0.2) is 59.0 Å². The number of carbonyl (C=O) groups is 2. The summed E-state index contributed by atoms with van der Waals surface area (Å²) < 4.78 is 53.6. The molecule has 11 heteroatoms. The Labute approximate surface area is 221 Å². The van der Waals surface area contributed by atoms with E-state index in [4.69, 9.17) is 9.47 Å². The number of hydrogen-bond donors (Lipinski definition) is 1. The normalized spacial score (nSPS) is 11.8. The van der Waals surface area contributed by atoms with Gasteiger partial charge < -0.3 is 19.7 Å². The van der Waals surface area contributed by atoms with Gasteiger partial charge in [0.15, 0.2) is 0 Å². The number of ether oxygens (including phenoxy) is 2. The van der Waals surface area contributed by atoms with E-state index in [-0.39, 0.29) is 28.4 Å². The van der Waals surface area contributed by atoms with Crippen molar-refractivity contribution in [3.05, 3.63) is 84.2 Å². The third kappa shape index (κ3) is 6.23. The lowest BCUT2D eigenvalue weighted by atomic mass is 10.1. The van der Waals surface area contributed by atoms with E-state index in [1.54, 1.807) is 24.3 Å². The second kappa shape index (κ2) is 12.4. The fraction of sp³-hybridized carbons (Fsp3) is 0.259. The van der Waals surface area contributed by atoms with Gasteiger partial charge in [-0.2, -0.15) is 0 Å². The number of hydrogen-bond acceptors (Lipinski definition) is 6. The number of halogens is 1. The van der Waals surface area contributed by atoms with Crippen LogP contribution in [-0.2, 0) is 26.2 Å². The van der Waals surface area contributed by atoms with E-state index in [1.807, 2.05) is 0 Å². The molecule has 0 saturated carbocycles. The summed E-state index contributed by atoms with van der Waals surface area (Å²) in [5.74, 6) is -1.08. The van der Waals surface area contributed by atoms with Crippen molar-refractivity contribution in [1.29, 1.82) is 0 Å². The summed E-state index contributed by atoms with van der Waals surface area (Å²) in [5.41, 5.74) is 0.302. The smallest absolute Gasteiger partial charge is 0.264 e. The lowest BCUT2D eigenvalue weighted by Crippen LogP contribution is -2.50. The Bertz CT molecular complexity index is 1380. The molecule has 0 saturated heterocycles. The zero-order valence-electron chi connectivity index (χ0n) is 21.5. The summed E-state index contributed by atoms with van der Waals surface area (Å²) >= 11 is 0. The first kappa shape index (κ1) is 28.5. The van der Waals surface area contributed by atoms with Crippen LogP contribution in [0.3, 0.4) is 0 Å². The summed E-state index contributed by atoms with van der Waals surface area (Å²) in [6, 6.07) is 16.9. The Morgan fingerprint density at radius 3 is 2.18 bits per heavy atom. The number of rotatable bonds is 11. The van der Waals surface area contributed by atoms with E-state index < -0.39 is 40.2 Å². The number of para-hydroxylation sites is 2. The molecule has 202 valence electrons. The minimum atomic E-state index is -4.30. The van der Waals surface area contributed by atoms with Crippen molar-refractivity contribution in [3.8, 4) is 11.5 Å². The molecule has 3 aromatic carbocycles. The summed E-state index contributed by atoms with van der Waals surface area (Å²) in [7, 11) is -0.0353. The van der Waals surface area contributed by atoms with Crippen molar-refractivity contribution in [2.24, 2.45) is 0 Å². The third-order valence-corrected chi connectivity index (χ3v) is 7.77. The molecule has 9 nitrogen and oxygen atoms in total. The first-order chi connectivity index (χ1) is 18.1. The Hall–Kier alpha value is -4.12. The first-order valence-electron chi connectivity index (χ1n) is 11.7. The summed E-state index contributed by atoms with van der Waals surface area (Å²) in [5, 5.41) is 2.48. The monoisotopic (exact) mass is 543 g/mol. The van der Waals surface area contributed by atoms with Crippen LogP contribution in [0.1, 0.15) is 12.5 Å². The van der Waals surface area contributed by atoms with E-state index in [0.717, 1.165) is 9.21 Å². The largest absolute Gasteiger partial charge is 0.497 e. The third-order valence-electron chi connectivity index (χ3n) is 5.99. The zero-order chi connectivity index (χ0) is 27.9. The van der Waals surface area contributed by atoms with Gasteiger partial charge in [0, 0.05) is 19.2 Å². The van der Waals surface area contributed by atoms with Crippen LogP contribution in [0.5, 0.6) is 11.5 Å². The predicted molar refractivity (Wildman–Crippen MR) is 141 cm³/mol. The fourth-order valence-corrected chi connectivity index (χ4v) is 5.25. The molecule has 0 radical (unpaired) electrons. The lowest BCUT2D eigenvalue weighted by Gasteiger charge is -2.32. The van der Waals surface area contributed by atoms with Crippen molar-refractivity contribution in [2.75, 3.05) is 32.1 Å². The number of nitrogens with one attached hydrogen (secondary N) is 1. The van der Waals surface area contributed by atoms with Crippen molar-refractivity contribution in [3.63, 3.8) is 0 Å². The highest BCUT2D eigenvalue weighted by Crippen LogP contribution is 2.33. The van der Waals surface area contributed by atoms with E-state index in [2.05, 4.69) is 5.32 Å². The summed E-state index contributed by atoms with van der Waals surface area (Å²) in [4.78, 5) is 27.3. The number of amides is 2. The maximum atomic E-state index is 14.5. The molecule has 1 atom stereocenters. The number of anilines is 1. The Balaban J connectivity index is 2.08. The molecule has 0 aliphatic rings. The van der Waals surface area contributed by atoms with Gasteiger partial charge in [-0.1, -0.05) is 30.3 Å². The van der Waals surface area contributed by atoms with E-state index >= 15 is 0 Å². The molecule has 0 fully saturated rings. The molecule has 0 spiro atoms. The number of sulfonamides is 1. The number of benzene rings is 3. The van der Waals surface area contributed by atoms with Crippen LogP contribution in [0.15, 0.2) is 77.7 Å². The highest BCUT2D eigenvalue weighted by Gasteiger charge is 2.33. The van der Waals surface area contributed by atoms with Gasteiger partial charge in [-0.25, -0.2) is 12.8 Å². The quantitative estimate of drug-likeness (QED) is 0.398. The second-order valence-corrected chi connectivity index (χ2v) is 10.1. The number of nitrogens with zero attached hydrogens (tertiary/aromatic N) is 2. The van der Waals surface area contributed by atoms with Gasteiger partial charge in [0.2, 0.25) is 11.8 Å². The van der Waals surface area contributed by atoms with Crippen LogP contribution in [0.25, 0.3) is 0 Å². The van der Waals surface area contributed by atoms with Crippen LogP contribution >= 0.6 is 0 Å². The molecular weight excluding hydrogens is 513 g/mol. The number of carbonyl (C=O) groups excluding carboxylic acids is 2. The number of likely N-dealkylation sites (N-methyl/N-ethyl adjacent to an activating group) is 1. The maximum absolute atomic E-state index is 14.5. The molecule has 3 aromatic rings. The molecule has 1 N–H and O–H groups in total. The molecule has 0 aliphatic carbocycles. The summed E-state index contributed by atoms with van der Waals surface area (Å²) in [6.07, 6.45) is 0. The van der Waals surface area contributed by atoms with Crippen LogP contribution in [0.2, 0.25) is 0 Å². The highest BCUT2D eigenvalue weighted by molar-refractivity contribution is 7.92. The highest BCUT2D eigenvalue weighted by atomic mass is 32.2. The van der Waals surface area contributed by atoms with E-state index in [9.17, 15) is 22.4 Å². The van der Waals surface area contributed by atoms with Crippen LogP contribution < -0.4 is 19.1 Å². The maximum Gasteiger partial charge on any atom is 0.264 e. The van der Waals surface area contributed by atoms with Gasteiger partial charge in [0.1, 0.15) is 29.9 Å². The fourth-order valence-electron chi connectivity index (χ4n) is 3.83. The van der Waals surface area contributed by atoms with E-state index in [1.165, 1.54) is 76.7 Å². The van der Waals surface area contributed by atoms with E-state index in [0.29, 0.717) is 5.75 Å². The SMILES string of the molecule is CNC(=O)[C@H](C)N(Cc1ccccc1F)C(=O)CN(c1ccccc1OC)S(=O)(=O)c1ccc(OC)cc1. The molecule has 3 rings (SSSR count). The Kier molecular flexibility index (Phi) is 9.30. The number of methoxy groups -OCH3 is 2. The van der Waals surface area contributed by atoms with Gasteiger partial charge in [-0.3, -0.25) is 13.9 Å². The lowest BCUT2D eigenvalue weighted by molar-refractivity contribution is -0.139. The molecular formula is C27H30FN3O6S. The second-order valence-electron chi connectivity index (χ2n) is 8.26. The summed E-state index contributed by atoms with van der Waals surface area (Å²) in [6.45, 7) is 0.565. The van der Waals surface area contributed by atoms with Crippen molar-refractivity contribution >= 4 is 27.5 Å². The predicted octanol–water partition coefficient (Wildman–Crippen LogP) is 3.20. The average Bonchev–Trinajstić information content (AvgIpc) is 2.94. The molecule has 2 amide bonds. The standard InChI is InChI=1S/C27H30FN3O6S/c1-19(27(33)29-2)30(17-20-9-5-6-10-23(20)28)26(32)18-31(24-11-7-8-12-25(24)37-4)38(34,35)22-15-13-21(36-3)14-16-22/h5-16,19H,17-18H2,1-4H3,(H,29,33)/t19-/m0/s1.